The number of hydrogen-bond acceptors (Lipinski definition) is 4. The SMILES string of the molecule is CCNC(=O)CNc1ccc(OCCOc2ccccc2)cc1. The molecule has 5 heteroatoms. The van der Waals surface area contributed by atoms with Crippen LogP contribution < -0.4 is 20.1 Å². The van der Waals surface area contributed by atoms with E-state index in [4.69, 9.17) is 9.47 Å². The van der Waals surface area contributed by atoms with Crippen LogP contribution in [0.2, 0.25) is 0 Å². The maximum Gasteiger partial charge on any atom is 0.239 e. The van der Waals surface area contributed by atoms with Crippen molar-refractivity contribution in [2.45, 2.75) is 6.92 Å². The van der Waals surface area contributed by atoms with E-state index in [0.717, 1.165) is 17.2 Å². The number of carbonyl (C=O) groups excluding carboxylic acids is 1. The van der Waals surface area contributed by atoms with Crippen molar-refractivity contribution >= 4 is 11.6 Å². The summed E-state index contributed by atoms with van der Waals surface area (Å²) >= 11 is 0. The van der Waals surface area contributed by atoms with Crippen LogP contribution in [-0.2, 0) is 4.79 Å². The van der Waals surface area contributed by atoms with Crippen molar-refractivity contribution in [3.8, 4) is 11.5 Å². The number of rotatable bonds is 9. The van der Waals surface area contributed by atoms with Crippen LogP contribution in [-0.4, -0.2) is 32.2 Å². The fourth-order valence-corrected chi connectivity index (χ4v) is 1.95. The molecule has 0 heterocycles. The number of anilines is 1. The van der Waals surface area contributed by atoms with E-state index < -0.39 is 0 Å². The molecule has 0 aliphatic rings. The molecule has 23 heavy (non-hydrogen) atoms. The van der Waals surface area contributed by atoms with Gasteiger partial charge in [0, 0.05) is 12.2 Å². The minimum absolute atomic E-state index is 0.0223. The minimum Gasteiger partial charge on any atom is -0.490 e. The molecule has 0 fully saturated rings. The first-order chi connectivity index (χ1) is 11.3. The van der Waals surface area contributed by atoms with Crippen LogP contribution in [0.15, 0.2) is 54.6 Å². The molecule has 2 rings (SSSR count). The lowest BCUT2D eigenvalue weighted by Crippen LogP contribution is -2.29. The Bertz CT molecular complexity index is 585. The molecule has 2 aromatic carbocycles. The first-order valence-electron chi connectivity index (χ1n) is 7.69. The maximum atomic E-state index is 11.4. The molecular formula is C18H22N2O3. The lowest BCUT2D eigenvalue weighted by atomic mass is 10.3. The van der Waals surface area contributed by atoms with E-state index >= 15 is 0 Å². The molecule has 122 valence electrons. The van der Waals surface area contributed by atoms with E-state index in [9.17, 15) is 4.79 Å². The van der Waals surface area contributed by atoms with Gasteiger partial charge in [-0.25, -0.2) is 0 Å². The summed E-state index contributed by atoms with van der Waals surface area (Å²) in [6.07, 6.45) is 0. The lowest BCUT2D eigenvalue weighted by Gasteiger charge is -2.10. The van der Waals surface area contributed by atoms with E-state index in [2.05, 4.69) is 10.6 Å². The second-order valence-electron chi connectivity index (χ2n) is 4.84. The molecule has 0 unspecified atom stereocenters. The number of likely N-dealkylation sites (N-methyl/N-ethyl adjacent to an activating group) is 1. The van der Waals surface area contributed by atoms with E-state index in [-0.39, 0.29) is 12.5 Å². The summed E-state index contributed by atoms with van der Waals surface area (Å²) in [5.74, 6) is 1.58. The molecule has 0 saturated heterocycles. The molecule has 0 bridgehead atoms. The molecule has 0 saturated carbocycles. The van der Waals surface area contributed by atoms with Gasteiger partial charge in [-0.2, -0.15) is 0 Å². The van der Waals surface area contributed by atoms with Crippen molar-refractivity contribution < 1.29 is 14.3 Å². The predicted octanol–water partition coefficient (Wildman–Crippen LogP) is 2.69. The van der Waals surface area contributed by atoms with Gasteiger partial charge in [-0.3, -0.25) is 4.79 Å². The Morgan fingerprint density at radius 1 is 0.913 bits per heavy atom. The first kappa shape index (κ1) is 16.7. The summed E-state index contributed by atoms with van der Waals surface area (Å²) in [7, 11) is 0. The van der Waals surface area contributed by atoms with Gasteiger partial charge in [-0.1, -0.05) is 18.2 Å². The van der Waals surface area contributed by atoms with E-state index in [0.29, 0.717) is 19.8 Å². The number of para-hydroxylation sites is 1. The summed E-state index contributed by atoms with van der Waals surface area (Å²) in [6.45, 7) is 3.75. The average molecular weight is 314 g/mol. The van der Waals surface area contributed by atoms with Gasteiger partial charge in [0.1, 0.15) is 24.7 Å². The van der Waals surface area contributed by atoms with Crippen molar-refractivity contribution in [2.75, 3.05) is 31.6 Å². The zero-order valence-electron chi connectivity index (χ0n) is 13.2. The molecule has 1 amide bonds. The topological polar surface area (TPSA) is 59.6 Å². The maximum absolute atomic E-state index is 11.4. The van der Waals surface area contributed by atoms with Crippen LogP contribution in [0.1, 0.15) is 6.92 Å². The van der Waals surface area contributed by atoms with Crippen LogP contribution in [0, 0.1) is 0 Å². The Morgan fingerprint density at radius 3 is 2.13 bits per heavy atom. The molecule has 0 aromatic heterocycles. The van der Waals surface area contributed by atoms with E-state index in [1.807, 2.05) is 61.5 Å². The number of benzene rings is 2. The van der Waals surface area contributed by atoms with Crippen LogP contribution >= 0.6 is 0 Å². The molecule has 2 N–H and O–H groups in total. The Hall–Kier alpha value is -2.69. The fraction of sp³-hybridized carbons (Fsp3) is 0.278. The molecule has 0 atom stereocenters. The highest BCUT2D eigenvalue weighted by atomic mass is 16.5. The second-order valence-corrected chi connectivity index (χ2v) is 4.84. The molecule has 5 nitrogen and oxygen atoms in total. The zero-order valence-corrected chi connectivity index (χ0v) is 13.2. The summed E-state index contributed by atoms with van der Waals surface area (Å²) in [6, 6.07) is 17.1. The molecule has 0 spiro atoms. The van der Waals surface area contributed by atoms with Crippen molar-refractivity contribution in [1.82, 2.24) is 5.32 Å². The van der Waals surface area contributed by atoms with Crippen molar-refractivity contribution in [3.63, 3.8) is 0 Å². The number of hydrogen-bond donors (Lipinski definition) is 2. The zero-order chi connectivity index (χ0) is 16.3. The van der Waals surface area contributed by atoms with Gasteiger partial charge in [-0.05, 0) is 43.3 Å². The largest absolute Gasteiger partial charge is 0.490 e. The van der Waals surface area contributed by atoms with Crippen LogP contribution in [0.25, 0.3) is 0 Å². The van der Waals surface area contributed by atoms with Crippen LogP contribution in [0.3, 0.4) is 0 Å². The Labute approximate surface area is 136 Å². The highest BCUT2D eigenvalue weighted by Crippen LogP contribution is 2.15. The summed E-state index contributed by atoms with van der Waals surface area (Å²) in [5, 5.41) is 5.79. The van der Waals surface area contributed by atoms with Gasteiger partial charge in [-0.15, -0.1) is 0 Å². The molecular weight excluding hydrogens is 292 g/mol. The number of nitrogens with one attached hydrogen (secondary N) is 2. The summed E-state index contributed by atoms with van der Waals surface area (Å²) in [4.78, 5) is 11.4. The lowest BCUT2D eigenvalue weighted by molar-refractivity contribution is -0.119. The Kier molecular flexibility index (Phi) is 6.78. The van der Waals surface area contributed by atoms with Gasteiger partial charge < -0.3 is 20.1 Å². The number of ether oxygens (including phenoxy) is 2. The van der Waals surface area contributed by atoms with Gasteiger partial charge >= 0.3 is 0 Å². The van der Waals surface area contributed by atoms with E-state index in [1.165, 1.54) is 0 Å². The smallest absolute Gasteiger partial charge is 0.239 e. The van der Waals surface area contributed by atoms with Gasteiger partial charge in [0.15, 0.2) is 0 Å². The van der Waals surface area contributed by atoms with Crippen molar-refractivity contribution in [3.05, 3.63) is 54.6 Å². The summed E-state index contributed by atoms with van der Waals surface area (Å²) < 4.78 is 11.2. The molecule has 2 aromatic rings. The third kappa shape index (κ3) is 6.30. The normalized spacial score (nSPS) is 9.96. The van der Waals surface area contributed by atoms with Crippen LogP contribution in [0.5, 0.6) is 11.5 Å². The standard InChI is InChI=1S/C18H22N2O3/c1-2-19-18(21)14-20-15-8-10-17(11-9-15)23-13-12-22-16-6-4-3-5-7-16/h3-11,20H,2,12-14H2,1H3,(H,19,21). The quantitative estimate of drug-likeness (QED) is 0.699. The fourth-order valence-electron chi connectivity index (χ4n) is 1.95. The third-order valence-electron chi connectivity index (χ3n) is 3.05. The highest BCUT2D eigenvalue weighted by Gasteiger charge is 2.00. The number of amides is 1. The molecule has 0 aliphatic heterocycles. The van der Waals surface area contributed by atoms with Crippen LogP contribution in [0.4, 0.5) is 5.69 Å². The predicted molar refractivity (Wildman–Crippen MR) is 91.0 cm³/mol. The monoisotopic (exact) mass is 314 g/mol. The molecule has 0 aliphatic carbocycles. The molecule has 0 radical (unpaired) electrons. The highest BCUT2D eigenvalue weighted by molar-refractivity contribution is 5.80. The first-order valence-corrected chi connectivity index (χ1v) is 7.69. The van der Waals surface area contributed by atoms with Gasteiger partial charge in [0.25, 0.3) is 0 Å². The van der Waals surface area contributed by atoms with E-state index in [1.54, 1.807) is 0 Å². The van der Waals surface area contributed by atoms with Crippen molar-refractivity contribution in [2.24, 2.45) is 0 Å². The van der Waals surface area contributed by atoms with Crippen molar-refractivity contribution in [1.29, 1.82) is 0 Å². The second kappa shape index (κ2) is 9.35. The summed E-state index contributed by atoms with van der Waals surface area (Å²) in [5.41, 5.74) is 0.879. The Balaban J connectivity index is 1.67. The minimum atomic E-state index is -0.0223. The Morgan fingerprint density at radius 2 is 1.52 bits per heavy atom. The number of carbonyl (C=O) groups is 1. The third-order valence-corrected chi connectivity index (χ3v) is 3.05. The average Bonchev–Trinajstić information content (AvgIpc) is 2.59. The van der Waals surface area contributed by atoms with Gasteiger partial charge in [0.2, 0.25) is 5.91 Å². The van der Waals surface area contributed by atoms with Gasteiger partial charge in [0.05, 0.1) is 6.54 Å².